The molecule has 120 valence electrons. The van der Waals surface area contributed by atoms with Crippen molar-refractivity contribution < 1.29 is 28.2 Å². The van der Waals surface area contributed by atoms with Crippen LogP contribution < -0.4 is 10.1 Å². The Labute approximate surface area is 127 Å². The molecule has 1 heterocycles. The molecule has 0 aromatic heterocycles. The van der Waals surface area contributed by atoms with Gasteiger partial charge < -0.3 is 19.5 Å². The number of ether oxygens (including phenoxy) is 3. The third-order valence-electron chi connectivity index (χ3n) is 3.07. The predicted molar refractivity (Wildman–Crippen MR) is 74.8 cm³/mol. The maximum Gasteiger partial charge on any atom is 0.344 e. The van der Waals surface area contributed by atoms with Gasteiger partial charge in [0, 0.05) is 19.2 Å². The molecule has 1 atom stereocenters. The Hall–Kier alpha value is -2.15. The van der Waals surface area contributed by atoms with Crippen LogP contribution in [0.5, 0.6) is 5.75 Å². The summed E-state index contributed by atoms with van der Waals surface area (Å²) in [5.74, 6) is -1.33. The monoisotopic (exact) mass is 311 g/mol. The Morgan fingerprint density at radius 2 is 2.23 bits per heavy atom. The molecule has 0 saturated carbocycles. The predicted octanol–water partition coefficient (Wildman–Crippen LogP) is 1.04. The molecule has 1 aliphatic heterocycles. The number of amides is 1. The maximum atomic E-state index is 12.9. The van der Waals surface area contributed by atoms with Gasteiger partial charge in [0.1, 0.15) is 11.6 Å². The summed E-state index contributed by atoms with van der Waals surface area (Å²) < 4.78 is 28.1. The second-order valence-corrected chi connectivity index (χ2v) is 4.85. The lowest BCUT2D eigenvalue weighted by Crippen LogP contribution is -2.35. The molecule has 1 N–H and O–H groups in total. The number of hydrogen-bond donors (Lipinski definition) is 1. The average molecular weight is 311 g/mol. The summed E-state index contributed by atoms with van der Waals surface area (Å²) >= 11 is 0. The van der Waals surface area contributed by atoms with Gasteiger partial charge in [-0.2, -0.15) is 0 Å². The Morgan fingerprint density at radius 3 is 2.95 bits per heavy atom. The quantitative estimate of drug-likeness (QED) is 0.762. The Kier molecular flexibility index (Phi) is 6.14. The summed E-state index contributed by atoms with van der Waals surface area (Å²) in [6, 6.07) is 5.41. The van der Waals surface area contributed by atoms with Crippen molar-refractivity contribution >= 4 is 11.9 Å². The van der Waals surface area contributed by atoms with E-state index in [1.807, 2.05) is 0 Å². The minimum atomic E-state index is -0.698. The molecule has 7 heteroatoms. The van der Waals surface area contributed by atoms with Gasteiger partial charge in [-0.3, -0.25) is 4.79 Å². The SMILES string of the molecule is O=C(COC(=O)COc1cccc(F)c1)NC[C@H]1CCCO1. The molecule has 0 radical (unpaired) electrons. The normalized spacial score (nSPS) is 17.0. The molecular formula is C15H18FNO5. The van der Waals surface area contributed by atoms with Crippen molar-refractivity contribution in [3.63, 3.8) is 0 Å². The second kappa shape index (κ2) is 8.33. The first kappa shape index (κ1) is 16.2. The molecule has 2 rings (SSSR count). The summed E-state index contributed by atoms with van der Waals surface area (Å²) in [5, 5.41) is 2.63. The lowest BCUT2D eigenvalue weighted by atomic mass is 10.2. The first-order valence-electron chi connectivity index (χ1n) is 7.06. The summed E-state index contributed by atoms with van der Waals surface area (Å²) in [4.78, 5) is 22.9. The van der Waals surface area contributed by atoms with Crippen molar-refractivity contribution in [1.82, 2.24) is 5.32 Å². The van der Waals surface area contributed by atoms with E-state index in [4.69, 9.17) is 14.2 Å². The molecule has 22 heavy (non-hydrogen) atoms. The summed E-state index contributed by atoms with van der Waals surface area (Å²) in [7, 11) is 0. The van der Waals surface area contributed by atoms with Crippen LogP contribution in [-0.4, -0.2) is 44.3 Å². The van der Waals surface area contributed by atoms with Crippen LogP contribution in [0.15, 0.2) is 24.3 Å². The number of carbonyl (C=O) groups excluding carboxylic acids is 2. The van der Waals surface area contributed by atoms with Crippen molar-refractivity contribution in [3.05, 3.63) is 30.1 Å². The van der Waals surface area contributed by atoms with Crippen molar-refractivity contribution in [2.75, 3.05) is 26.4 Å². The highest BCUT2D eigenvalue weighted by Crippen LogP contribution is 2.12. The molecule has 1 saturated heterocycles. The van der Waals surface area contributed by atoms with Crippen LogP contribution in [0.1, 0.15) is 12.8 Å². The van der Waals surface area contributed by atoms with Gasteiger partial charge in [-0.15, -0.1) is 0 Å². The van der Waals surface area contributed by atoms with Gasteiger partial charge >= 0.3 is 5.97 Å². The molecule has 1 aromatic carbocycles. The number of benzene rings is 1. The zero-order valence-electron chi connectivity index (χ0n) is 12.0. The molecule has 0 spiro atoms. The van der Waals surface area contributed by atoms with E-state index in [9.17, 15) is 14.0 Å². The van der Waals surface area contributed by atoms with Crippen molar-refractivity contribution in [3.8, 4) is 5.75 Å². The standard InChI is InChI=1S/C15H18FNO5/c16-11-3-1-4-12(7-11)21-10-15(19)22-9-14(18)17-8-13-5-2-6-20-13/h1,3-4,7,13H,2,5-6,8-10H2,(H,17,18)/t13-/m1/s1. The number of nitrogens with one attached hydrogen (secondary N) is 1. The molecule has 0 bridgehead atoms. The minimum absolute atomic E-state index is 0.0379. The van der Waals surface area contributed by atoms with E-state index < -0.39 is 17.7 Å². The number of hydrogen-bond acceptors (Lipinski definition) is 5. The lowest BCUT2D eigenvalue weighted by Gasteiger charge is -2.11. The van der Waals surface area contributed by atoms with Crippen LogP contribution in [0.2, 0.25) is 0 Å². The highest BCUT2D eigenvalue weighted by molar-refractivity contribution is 5.80. The van der Waals surface area contributed by atoms with Gasteiger partial charge in [0.2, 0.25) is 0 Å². The number of rotatable bonds is 7. The number of halogens is 1. The molecular weight excluding hydrogens is 293 g/mol. The van der Waals surface area contributed by atoms with E-state index in [0.717, 1.165) is 18.9 Å². The van der Waals surface area contributed by atoms with Gasteiger partial charge in [-0.25, -0.2) is 9.18 Å². The molecule has 1 aliphatic rings. The third-order valence-corrected chi connectivity index (χ3v) is 3.07. The number of esters is 1. The fourth-order valence-electron chi connectivity index (χ4n) is 1.97. The van der Waals surface area contributed by atoms with Gasteiger partial charge in [0.15, 0.2) is 13.2 Å². The van der Waals surface area contributed by atoms with Gasteiger partial charge in [0.05, 0.1) is 6.10 Å². The topological polar surface area (TPSA) is 73.9 Å². The fraction of sp³-hybridized carbons (Fsp3) is 0.467. The minimum Gasteiger partial charge on any atom is -0.482 e. The summed E-state index contributed by atoms with van der Waals surface area (Å²) in [5.41, 5.74) is 0. The Bertz CT molecular complexity index is 516. The number of carbonyl (C=O) groups is 2. The molecule has 1 amide bonds. The first-order chi connectivity index (χ1) is 10.6. The molecule has 1 fully saturated rings. The van der Waals surface area contributed by atoms with Crippen LogP contribution in [0.4, 0.5) is 4.39 Å². The van der Waals surface area contributed by atoms with Crippen LogP contribution in [-0.2, 0) is 19.1 Å². The average Bonchev–Trinajstić information content (AvgIpc) is 3.02. The van der Waals surface area contributed by atoms with Gasteiger partial charge in [0.25, 0.3) is 5.91 Å². The van der Waals surface area contributed by atoms with Gasteiger partial charge in [-0.1, -0.05) is 6.07 Å². The smallest absolute Gasteiger partial charge is 0.344 e. The van der Waals surface area contributed by atoms with Crippen LogP contribution >= 0.6 is 0 Å². The molecule has 0 aliphatic carbocycles. The van der Waals surface area contributed by atoms with E-state index in [1.54, 1.807) is 0 Å². The zero-order chi connectivity index (χ0) is 15.8. The Balaban J connectivity index is 1.59. The van der Waals surface area contributed by atoms with E-state index in [2.05, 4.69) is 5.32 Å². The third kappa shape index (κ3) is 5.69. The van der Waals surface area contributed by atoms with E-state index >= 15 is 0 Å². The van der Waals surface area contributed by atoms with Crippen molar-refractivity contribution in [1.29, 1.82) is 0 Å². The fourth-order valence-corrected chi connectivity index (χ4v) is 1.97. The zero-order valence-corrected chi connectivity index (χ0v) is 12.0. The first-order valence-corrected chi connectivity index (χ1v) is 7.06. The lowest BCUT2D eigenvalue weighted by molar-refractivity contribution is -0.150. The summed E-state index contributed by atoms with van der Waals surface area (Å²) in [6.07, 6.45) is 1.95. The molecule has 0 unspecified atom stereocenters. The van der Waals surface area contributed by atoms with Crippen LogP contribution in [0.25, 0.3) is 0 Å². The van der Waals surface area contributed by atoms with Gasteiger partial charge in [-0.05, 0) is 25.0 Å². The highest BCUT2D eigenvalue weighted by Gasteiger charge is 2.16. The van der Waals surface area contributed by atoms with Crippen LogP contribution in [0, 0.1) is 5.82 Å². The van der Waals surface area contributed by atoms with E-state index in [1.165, 1.54) is 18.2 Å². The van der Waals surface area contributed by atoms with Crippen molar-refractivity contribution in [2.24, 2.45) is 0 Å². The maximum absolute atomic E-state index is 12.9. The second-order valence-electron chi connectivity index (χ2n) is 4.85. The van der Waals surface area contributed by atoms with Crippen LogP contribution in [0.3, 0.4) is 0 Å². The van der Waals surface area contributed by atoms with Crippen molar-refractivity contribution in [2.45, 2.75) is 18.9 Å². The Morgan fingerprint density at radius 1 is 1.36 bits per heavy atom. The summed E-state index contributed by atoms with van der Waals surface area (Å²) in [6.45, 7) is 0.365. The van der Waals surface area contributed by atoms with E-state index in [0.29, 0.717) is 13.2 Å². The largest absolute Gasteiger partial charge is 0.482 e. The molecule has 6 nitrogen and oxygen atoms in total. The highest BCUT2D eigenvalue weighted by atomic mass is 19.1. The molecule has 1 aromatic rings. The van der Waals surface area contributed by atoms with E-state index in [-0.39, 0.29) is 25.1 Å².